The van der Waals surface area contributed by atoms with Crippen LogP contribution in [-0.2, 0) is 4.79 Å². The third kappa shape index (κ3) is 4.50. The van der Waals surface area contributed by atoms with Crippen molar-refractivity contribution >= 4 is 23.6 Å². The molecule has 2 heterocycles. The number of thioether (sulfide) groups is 1. The van der Waals surface area contributed by atoms with Crippen LogP contribution in [-0.4, -0.2) is 48.0 Å². The maximum atomic E-state index is 13.3. The second-order valence-electron chi connectivity index (χ2n) is 10.9. The highest BCUT2D eigenvalue weighted by Gasteiger charge is 2.49. The molecule has 4 aliphatic carbocycles. The Morgan fingerprint density at radius 1 is 1.18 bits per heavy atom. The molecule has 182 valence electrons. The number of ether oxygens (including phenoxy) is 1. The monoisotopic (exact) mass is 476 g/mol. The number of nitrogens with one attached hydrogen (secondary N) is 2. The minimum absolute atomic E-state index is 0.138. The van der Waals surface area contributed by atoms with Crippen molar-refractivity contribution in [2.45, 2.75) is 75.0 Å². The molecular formula is C24H36N4O4S. The minimum Gasteiger partial charge on any atom is -0.474 e. The van der Waals surface area contributed by atoms with E-state index in [2.05, 4.69) is 29.6 Å². The molecule has 1 aromatic heterocycles. The summed E-state index contributed by atoms with van der Waals surface area (Å²) in [7, 11) is 0. The van der Waals surface area contributed by atoms with Crippen LogP contribution in [0.25, 0.3) is 0 Å². The molecule has 4 N–H and O–H groups in total. The highest BCUT2D eigenvalue weighted by Crippen LogP contribution is 2.53. The van der Waals surface area contributed by atoms with E-state index in [9.17, 15) is 9.59 Å². The first-order valence-electron chi connectivity index (χ1n) is 12.5. The van der Waals surface area contributed by atoms with Gasteiger partial charge >= 0.3 is 0 Å². The van der Waals surface area contributed by atoms with E-state index in [4.69, 9.17) is 15.0 Å². The maximum Gasteiger partial charge on any atom is 0.291 e. The van der Waals surface area contributed by atoms with Gasteiger partial charge in [-0.15, -0.1) is 11.8 Å². The molecule has 0 atom stereocenters. The molecule has 5 fully saturated rings. The van der Waals surface area contributed by atoms with E-state index >= 15 is 0 Å². The van der Waals surface area contributed by atoms with Crippen LogP contribution in [0.3, 0.4) is 0 Å². The number of piperidine rings is 1. The number of nitrogens with zero attached hydrogens (tertiary/aromatic N) is 1. The minimum atomic E-state index is -0.729. The van der Waals surface area contributed by atoms with Gasteiger partial charge < -0.3 is 25.6 Å². The molecule has 1 aliphatic heterocycles. The normalized spacial score (nSPS) is 32.2. The molecule has 4 bridgehead atoms. The first kappa shape index (κ1) is 23.0. The summed E-state index contributed by atoms with van der Waals surface area (Å²) < 4.78 is 11.6. The molecule has 2 amide bonds. The number of amides is 2. The van der Waals surface area contributed by atoms with Crippen LogP contribution in [0.4, 0.5) is 0 Å². The SMILES string of the molecule is CC(C)Sc1c(OCC2(C(N)=O)CCNCC2)noc1C(=O)NC1C2CC3CC(C2)CC1C3. The smallest absolute Gasteiger partial charge is 0.291 e. The number of hydrogen-bond acceptors (Lipinski definition) is 7. The van der Waals surface area contributed by atoms with Crippen molar-refractivity contribution in [2.24, 2.45) is 34.8 Å². The average molecular weight is 477 g/mol. The van der Waals surface area contributed by atoms with Gasteiger partial charge in [0, 0.05) is 11.3 Å². The second-order valence-corrected chi connectivity index (χ2v) is 12.5. The number of primary amides is 1. The summed E-state index contributed by atoms with van der Waals surface area (Å²) >= 11 is 1.50. The Morgan fingerprint density at radius 2 is 1.82 bits per heavy atom. The van der Waals surface area contributed by atoms with Gasteiger partial charge in [0.15, 0.2) is 0 Å². The molecule has 0 unspecified atom stereocenters. The lowest BCUT2D eigenvalue weighted by Crippen LogP contribution is -2.55. The van der Waals surface area contributed by atoms with Crippen LogP contribution in [0.1, 0.15) is 69.3 Å². The lowest BCUT2D eigenvalue weighted by molar-refractivity contribution is -0.131. The Hall–Kier alpha value is -1.74. The van der Waals surface area contributed by atoms with Gasteiger partial charge in [-0.25, -0.2) is 0 Å². The van der Waals surface area contributed by atoms with Crippen molar-refractivity contribution in [1.29, 1.82) is 0 Å². The van der Waals surface area contributed by atoms with Crippen molar-refractivity contribution in [3.8, 4) is 5.88 Å². The van der Waals surface area contributed by atoms with E-state index in [0.29, 0.717) is 29.6 Å². The van der Waals surface area contributed by atoms with Gasteiger partial charge in [-0.05, 0) is 86.9 Å². The van der Waals surface area contributed by atoms with Crippen LogP contribution in [0.5, 0.6) is 5.88 Å². The zero-order valence-corrected chi connectivity index (χ0v) is 20.4. The first-order valence-corrected chi connectivity index (χ1v) is 13.3. The number of aromatic nitrogens is 1. The summed E-state index contributed by atoms with van der Waals surface area (Å²) in [6, 6.07) is 0.226. The quantitative estimate of drug-likeness (QED) is 0.494. The summed E-state index contributed by atoms with van der Waals surface area (Å²) in [6.45, 7) is 5.69. The van der Waals surface area contributed by atoms with Crippen molar-refractivity contribution in [3.05, 3.63) is 5.76 Å². The third-order valence-corrected chi connectivity index (χ3v) is 9.34. The number of carbonyl (C=O) groups is 2. The highest BCUT2D eigenvalue weighted by molar-refractivity contribution is 8.00. The van der Waals surface area contributed by atoms with Crippen molar-refractivity contribution < 1.29 is 18.8 Å². The first-order chi connectivity index (χ1) is 15.8. The van der Waals surface area contributed by atoms with E-state index in [1.807, 2.05) is 0 Å². The second kappa shape index (κ2) is 9.13. The Labute approximate surface area is 199 Å². The predicted molar refractivity (Wildman–Crippen MR) is 125 cm³/mol. The summed E-state index contributed by atoms with van der Waals surface area (Å²) in [5.41, 5.74) is 5.01. The molecule has 6 rings (SSSR count). The number of hydrogen-bond donors (Lipinski definition) is 3. The van der Waals surface area contributed by atoms with Gasteiger partial charge in [-0.1, -0.05) is 13.8 Å². The Morgan fingerprint density at radius 3 is 2.39 bits per heavy atom. The van der Waals surface area contributed by atoms with Crippen LogP contribution in [0.2, 0.25) is 0 Å². The molecule has 5 aliphatic rings. The fourth-order valence-corrected chi connectivity index (χ4v) is 7.70. The van der Waals surface area contributed by atoms with E-state index < -0.39 is 5.41 Å². The van der Waals surface area contributed by atoms with E-state index in [1.165, 1.54) is 43.9 Å². The summed E-state index contributed by atoms with van der Waals surface area (Å²) in [4.78, 5) is 26.2. The van der Waals surface area contributed by atoms with E-state index in [0.717, 1.165) is 24.9 Å². The van der Waals surface area contributed by atoms with Crippen LogP contribution >= 0.6 is 11.8 Å². The van der Waals surface area contributed by atoms with Gasteiger partial charge in [0.05, 0.1) is 5.41 Å². The maximum absolute atomic E-state index is 13.3. The molecule has 0 aromatic carbocycles. The van der Waals surface area contributed by atoms with Crippen molar-refractivity contribution in [1.82, 2.24) is 15.8 Å². The number of carbonyl (C=O) groups excluding carboxylic acids is 2. The van der Waals surface area contributed by atoms with E-state index in [1.54, 1.807) is 0 Å². The predicted octanol–water partition coefficient (Wildman–Crippen LogP) is 2.96. The Kier molecular flexibility index (Phi) is 6.37. The fourth-order valence-electron chi connectivity index (χ4n) is 6.79. The molecule has 1 saturated heterocycles. The van der Waals surface area contributed by atoms with Gasteiger partial charge in [0.1, 0.15) is 11.5 Å². The van der Waals surface area contributed by atoms with Gasteiger partial charge in [-0.3, -0.25) is 9.59 Å². The van der Waals surface area contributed by atoms with Crippen molar-refractivity contribution in [3.63, 3.8) is 0 Å². The highest BCUT2D eigenvalue weighted by atomic mass is 32.2. The summed E-state index contributed by atoms with van der Waals surface area (Å²) in [6.07, 6.45) is 7.56. The fraction of sp³-hybridized carbons (Fsp3) is 0.792. The lowest BCUT2D eigenvalue weighted by atomic mass is 9.54. The number of nitrogens with two attached hydrogens (primary N) is 1. The molecule has 4 saturated carbocycles. The van der Waals surface area contributed by atoms with Gasteiger partial charge in [0.2, 0.25) is 11.7 Å². The summed E-state index contributed by atoms with van der Waals surface area (Å²) in [5, 5.41) is 10.9. The van der Waals surface area contributed by atoms with Crippen LogP contribution < -0.4 is 21.1 Å². The molecule has 0 spiro atoms. The standard InChI is InChI=1S/C24H36N4O4S/c1-13(2)33-20-19(21(29)27-18-16-8-14-7-15(10-16)11-17(18)9-14)32-28-22(20)31-12-24(23(25)30)3-5-26-6-4-24/h13-18,26H,3-12H2,1-2H3,(H2,25,30)(H,27,29). The summed E-state index contributed by atoms with van der Waals surface area (Å²) in [5.74, 6) is 2.81. The van der Waals surface area contributed by atoms with Gasteiger partial charge in [0.25, 0.3) is 11.8 Å². The topological polar surface area (TPSA) is 119 Å². The molecular weight excluding hydrogens is 440 g/mol. The molecule has 8 nitrogen and oxygen atoms in total. The van der Waals surface area contributed by atoms with Crippen molar-refractivity contribution in [2.75, 3.05) is 19.7 Å². The van der Waals surface area contributed by atoms with Crippen LogP contribution in [0.15, 0.2) is 9.42 Å². The Bertz CT molecular complexity index is 867. The number of rotatable bonds is 8. The van der Waals surface area contributed by atoms with E-state index in [-0.39, 0.29) is 41.4 Å². The average Bonchev–Trinajstić information content (AvgIpc) is 3.16. The Balaban J connectivity index is 1.31. The molecule has 0 radical (unpaired) electrons. The molecule has 9 heteroatoms. The third-order valence-electron chi connectivity index (χ3n) is 8.27. The lowest BCUT2D eigenvalue weighted by Gasteiger charge is -2.54. The van der Waals surface area contributed by atoms with Gasteiger partial charge in [-0.2, -0.15) is 0 Å². The zero-order valence-electron chi connectivity index (χ0n) is 19.6. The molecule has 1 aromatic rings. The zero-order chi connectivity index (χ0) is 23.2. The van der Waals surface area contributed by atoms with Crippen LogP contribution in [0, 0.1) is 29.1 Å². The largest absolute Gasteiger partial charge is 0.474 e. The molecule has 33 heavy (non-hydrogen) atoms.